The Kier molecular flexibility index (Phi) is 4.90. The molecule has 0 saturated heterocycles. The Morgan fingerprint density at radius 1 is 1.55 bits per heavy atom. The summed E-state index contributed by atoms with van der Waals surface area (Å²) >= 11 is 0. The molecule has 3 heteroatoms. The molecule has 0 saturated carbocycles. The van der Waals surface area contributed by atoms with Crippen LogP contribution in [0.1, 0.15) is 6.92 Å². The third kappa shape index (κ3) is 3.45. The number of hydrogen-bond acceptors (Lipinski definition) is 2. The Hall–Kier alpha value is -1.25. The molecule has 62 valence electrons. The van der Waals surface area contributed by atoms with Crippen LogP contribution in [0.5, 0.6) is 0 Å². The quantitative estimate of drug-likeness (QED) is 0.357. The van der Waals surface area contributed by atoms with Crippen LogP contribution in [0.4, 0.5) is 0 Å². The summed E-state index contributed by atoms with van der Waals surface area (Å²) in [6, 6.07) is 0. The highest BCUT2D eigenvalue weighted by atomic mass is 15.1. The molecule has 0 aliphatic heterocycles. The molecule has 0 fully saturated rings. The predicted molar refractivity (Wildman–Crippen MR) is 49.5 cm³/mol. The number of rotatable bonds is 4. The first kappa shape index (κ1) is 9.75. The van der Waals surface area contributed by atoms with Gasteiger partial charge in [0.05, 0.1) is 6.34 Å². The Bertz CT molecular complexity index is 180. The van der Waals surface area contributed by atoms with Gasteiger partial charge in [0.1, 0.15) is 5.82 Å². The fraction of sp³-hybridized carbons (Fsp3) is 0.375. The summed E-state index contributed by atoms with van der Waals surface area (Å²) in [5, 5.41) is 5.97. The molecule has 0 rings (SSSR count). The molecule has 0 aromatic carbocycles. The van der Waals surface area contributed by atoms with Gasteiger partial charge in [0, 0.05) is 14.1 Å². The Morgan fingerprint density at radius 2 is 2.18 bits per heavy atom. The van der Waals surface area contributed by atoms with E-state index in [2.05, 4.69) is 22.2 Å². The van der Waals surface area contributed by atoms with Crippen molar-refractivity contribution in [2.75, 3.05) is 14.1 Å². The zero-order valence-electron chi connectivity index (χ0n) is 7.31. The van der Waals surface area contributed by atoms with Gasteiger partial charge in [0.25, 0.3) is 0 Å². The second-order valence-electron chi connectivity index (χ2n) is 2.04. The summed E-state index contributed by atoms with van der Waals surface area (Å²) < 4.78 is 0. The first-order valence-electron chi connectivity index (χ1n) is 3.44. The lowest BCUT2D eigenvalue weighted by Gasteiger charge is -2.07. The number of nitrogens with zero attached hydrogens (tertiary/aromatic N) is 1. The molecular weight excluding hydrogens is 138 g/mol. The fourth-order valence-electron chi connectivity index (χ4n) is 0.614. The van der Waals surface area contributed by atoms with Gasteiger partial charge in [-0.05, 0) is 12.5 Å². The lowest BCUT2D eigenvalue weighted by atomic mass is 10.3. The Balaban J connectivity index is 4.25. The normalized spacial score (nSPS) is 12.6. The third-order valence-corrected chi connectivity index (χ3v) is 1.29. The van der Waals surface area contributed by atoms with Crippen molar-refractivity contribution in [3.05, 3.63) is 24.0 Å². The molecule has 0 unspecified atom stereocenters. The minimum Gasteiger partial charge on any atom is -0.374 e. The summed E-state index contributed by atoms with van der Waals surface area (Å²) in [5.74, 6) is 0.922. The van der Waals surface area contributed by atoms with Crippen molar-refractivity contribution in [2.24, 2.45) is 4.99 Å². The van der Waals surface area contributed by atoms with E-state index >= 15 is 0 Å². The van der Waals surface area contributed by atoms with Crippen molar-refractivity contribution in [1.82, 2.24) is 10.6 Å². The SMILES string of the molecule is C=C/C(C)=C(\NC)NC=NC. The van der Waals surface area contributed by atoms with Crippen LogP contribution < -0.4 is 10.6 Å². The molecule has 0 aliphatic carbocycles. The van der Waals surface area contributed by atoms with Crippen molar-refractivity contribution < 1.29 is 0 Å². The summed E-state index contributed by atoms with van der Waals surface area (Å²) in [4.78, 5) is 3.80. The molecule has 11 heavy (non-hydrogen) atoms. The van der Waals surface area contributed by atoms with Crippen LogP contribution in [-0.4, -0.2) is 20.4 Å². The summed E-state index contributed by atoms with van der Waals surface area (Å²) in [6.07, 6.45) is 3.40. The van der Waals surface area contributed by atoms with E-state index in [0.29, 0.717) is 0 Å². The largest absolute Gasteiger partial charge is 0.374 e. The average molecular weight is 153 g/mol. The van der Waals surface area contributed by atoms with E-state index in [1.165, 1.54) is 0 Å². The monoisotopic (exact) mass is 153 g/mol. The molecule has 0 spiro atoms. The Morgan fingerprint density at radius 3 is 2.55 bits per heavy atom. The van der Waals surface area contributed by atoms with Gasteiger partial charge in [-0.25, -0.2) is 0 Å². The lowest BCUT2D eigenvalue weighted by Crippen LogP contribution is -2.23. The van der Waals surface area contributed by atoms with Gasteiger partial charge < -0.3 is 10.6 Å². The maximum atomic E-state index is 3.80. The first-order chi connectivity index (χ1) is 5.26. The van der Waals surface area contributed by atoms with Gasteiger partial charge in [0.2, 0.25) is 0 Å². The highest BCUT2D eigenvalue weighted by Crippen LogP contribution is 1.95. The molecule has 3 nitrogen and oxygen atoms in total. The van der Waals surface area contributed by atoms with Gasteiger partial charge in [0.15, 0.2) is 0 Å². The van der Waals surface area contributed by atoms with Gasteiger partial charge in [-0.3, -0.25) is 4.99 Å². The second kappa shape index (κ2) is 5.53. The standard InChI is InChI=1S/C8H15N3/c1-5-7(2)8(10-4)11-6-9-3/h5-6,10H,1H2,2-4H3,(H,9,11)/b8-7+. The predicted octanol–water partition coefficient (Wildman–Crippen LogP) is 0.871. The Labute approximate surface area is 67.9 Å². The number of aliphatic imine (C=N–C) groups is 1. The van der Waals surface area contributed by atoms with Crippen LogP contribution in [0.3, 0.4) is 0 Å². The lowest BCUT2D eigenvalue weighted by molar-refractivity contribution is 0.886. The smallest absolute Gasteiger partial charge is 0.106 e. The summed E-state index contributed by atoms with van der Waals surface area (Å²) in [6.45, 7) is 5.62. The van der Waals surface area contributed by atoms with Crippen molar-refractivity contribution in [2.45, 2.75) is 6.92 Å². The molecular formula is C8H15N3. The van der Waals surface area contributed by atoms with E-state index in [9.17, 15) is 0 Å². The average Bonchev–Trinajstić information content (AvgIpc) is 2.05. The number of allylic oxidation sites excluding steroid dienone is 2. The minimum atomic E-state index is 0.922. The molecule has 0 amide bonds. The van der Waals surface area contributed by atoms with E-state index < -0.39 is 0 Å². The minimum absolute atomic E-state index is 0.922. The summed E-state index contributed by atoms with van der Waals surface area (Å²) in [7, 11) is 3.56. The number of hydrogen-bond donors (Lipinski definition) is 2. The van der Waals surface area contributed by atoms with E-state index in [4.69, 9.17) is 0 Å². The van der Waals surface area contributed by atoms with E-state index in [-0.39, 0.29) is 0 Å². The second-order valence-corrected chi connectivity index (χ2v) is 2.04. The van der Waals surface area contributed by atoms with Gasteiger partial charge in [-0.1, -0.05) is 12.7 Å². The first-order valence-corrected chi connectivity index (χ1v) is 3.44. The molecule has 0 bridgehead atoms. The molecule has 0 aromatic rings. The van der Waals surface area contributed by atoms with Crippen molar-refractivity contribution in [3.63, 3.8) is 0 Å². The van der Waals surface area contributed by atoms with Crippen molar-refractivity contribution in [1.29, 1.82) is 0 Å². The molecule has 2 N–H and O–H groups in total. The molecule has 0 radical (unpaired) electrons. The van der Waals surface area contributed by atoms with E-state index in [0.717, 1.165) is 11.4 Å². The van der Waals surface area contributed by atoms with Gasteiger partial charge in [-0.2, -0.15) is 0 Å². The third-order valence-electron chi connectivity index (χ3n) is 1.29. The highest BCUT2D eigenvalue weighted by molar-refractivity contribution is 5.57. The van der Waals surface area contributed by atoms with Crippen LogP contribution >= 0.6 is 0 Å². The number of nitrogens with one attached hydrogen (secondary N) is 2. The maximum absolute atomic E-state index is 3.80. The molecule has 0 aromatic heterocycles. The van der Waals surface area contributed by atoms with Crippen LogP contribution in [0.2, 0.25) is 0 Å². The van der Waals surface area contributed by atoms with Crippen LogP contribution in [0, 0.1) is 0 Å². The topological polar surface area (TPSA) is 36.4 Å². The summed E-state index contributed by atoms with van der Waals surface area (Å²) in [5.41, 5.74) is 1.06. The molecule has 0 atom stereocenters. The zero-order valence-corrected chi connectivity index (χ0v) is 7.31. The molecule has 0 heterocycles. The van der Waals surface area contributed by atoms with E-state index in [1.54, 1.807) is 19.5 Å². The van der Waals surface area contributed by atoms with Crippen molar-refractivity contribution in [3.8, 4) is 0 Å². The maximum Gasteiger partial charge on any atom is 0.106 e. The fourth-order valence-corrected chi connectivity index (χ4v) is 0.614. The zero-order chi connectivity index (χ0) is 8.69. The van der Waals surface area contributed by atoms with Crippen LogP contribution in [0.15, 0.2) is 29.0 Å². The van der Waals surface area contributed by atoms with Crippen molar-refractivity contribution >= 4 is 6.34 Å². The van der Waals surface area contributed by atoms with Crippen LogP contribution in [-0.2, 0) is 0 Å². The van der Waals surface area contributed by atoms with Gasteiger partial charge in [-0.15, -0.1) is 0 Å². The van der Waals surface area contributed by atoms with Gasteiger partial charge >= 0.3 is 0 Å². The highest BCUT2D eigenvalue weighted by Gasteiger charge is 1.92. The molecule has 0 aliphatic rings. The van der Waals surface area contributed by atoms with E-state index in [1.807, 2.05) is 14.0 Å². The van der Waals surface area contributed by atoms with Crippen LogP contribution in [0.25, 0.3) is 0 Å².